The van der Waals surface area contributed by atoms with E-state index in [-0.39, 0.29) is 11.6 Å². The van der Waals surface area contributed by atoms with Crippen LogP contribution in [0.25, 0.3) is 0 Å². The van der Waals surface area contributed by atoms with Gasteiger partial charge in [0.1, 0.15) is 17.7 Å². The highest BCUT2D eigenvalue weighted by Crippen LogP contribution is 2.25. The summed E-state index contributed by atoms with van der Waals surface area (Å²) in [6.07, 6.45) is 0. The Bertz CT molecular complexity index is 770. The van der Waals surface area contributed by atoms with Crippen LogP contribution in [-0.2, 0) is 4.79 Å². The average molecular weight is 348 g/mol. The van der Waals surface area contributed by atoms with Crippen LogP contribution in [-0.4, -0.2) is 34.4 Å². The minimum atomic E-state index is -0.852. The number of rotatable bonds is 3. The number of thioether (sulfide) groups is 1. The second-order valence-corrected chi connectivity index (χ2v) is 6.27. The van der Waals surface area contributed by atoms with E-state index in [0.717, 1.165) is 12.1 Å². The number of amides is 2. The Labute approximate surface area is 141 Å². The lowest BCUT2D eigenvalue weighted by molar-refractivity contribution is -0.119. The third-order valence-corrected chi connectivity index (χ3v) is 4.67. The van der Waals surface area contributed by atoms with Gasteiger partial charge >= 0.3 is 0 Å². The summed E-state index contributed by atoms with van der Waals surface area (Å²) in [6, 6.07) is 10.9. The molecule has 1 heterocycles. The van der Waals surface area contributed by atoms with Crippen molar-refractivity contribution >= 4 is 29.3 Å². The Kier molecular flexibility index (Phi) is 4.80. The van der Waals surface area contributed by atoms with Crippen LogP contribution in [0.5, 0.6) is 0 Å². The van der Waals surface area contributed by atoms with Gasteiger partial charge in [-0.1, -0.05) is 18.2 Å². The van der Waals surface area contributed by atoms with Crippen molar-refractivity contribution in [2.45, 2.75) is 6.04 Å². The molecule has 1 aliphatic rings. The fraction of sp³-hybridized carbons (Fsp3) is 0.176. The Morgan fingerprint density at radius 1 is 1.12 bits per heavy atom. The van der Waals surface area contributed by atoms with Gasteiger partial charge in [0.25, 0.3) is 5.91 Å². The fourth-order valence-corrected chi connectivity index (χ4v) is 3.57. The maximum absolute atomic E-state index is 13.7. The molecule has 124 valence electrons. The van der Waals surface area contributed by atoms with Gasteiger partial charge in [0, 0.05) is 17.4 Å². The number of halogens is 2. The average Bonchev–Trinajstić information content (AvgIpc) is 3.07. The summed E-state index contributed by atoms with van der Waals surface area (Å²) >= 11 is 1.45. The molecule has 24 heavy (non-hydrogen) atoms. The molecule has 1 N–H and O–H groups in total. The van der Waals surface area contributed by atoms with Crippen molar-refractivity contribution in [2.75, 3.05) is 16.9 Å². The quantitative estimate of drug-likeness (QED) is 0.927. The highest BCUT2D eigenvalue weighted by Gasteiger charge is 2.35. The van der Waals surface area contributed by atoms with Crippen LogP contribution in [0.4, 0.5) is 14.5 Å². The summed E-state index contributed by atoms with van der Waals surface area (Å²) in [6.45, 7) is 0. The number of hydrogen-bond acceptors (Lipinski definition) is 3. The fourth-order valence-electron chi connectivity index (χ4n) is 2.41. The molecule has 0 unspecified atom stereocenters. The van der Waals surface area contributed by atoms with E-state index in [0.29, 0.717) is 23.3 Å². The molecule has 1 atom stereocenters. The van der Waals surface area contributed by atoms with E-state index in [1.165, 1.54) is 16.7 Å². The molecule has 0 radical (unpaired) electrons. The SMILES string of the molecule is O=C(Nc1ccc(F)cc1F)[C@H]1CSCN1C(=O)c1ccccc1. The Hall–Kier alpha value is -2.41. The summed E-state index contributed by atoms with van der Waals surface area (Å²) in [5.74, 6) is -1.50. The number of nitrogens with one attached hydrogen (secondary N) is 1. The number of anilines is 1. The van der Waals surface area contributed by atoms with E-state index in [1.54, 1.807) is 30.3 Å². The van der Waals surface area contributed by atoms with Crippen molar-refractivity contribution in [1.82, 2.24) is 4.90 Å². The van der Waals surface area contributed by atoms with Gasteiger partial charge in [-0.15, -0.1) is 11.8 Å². The number of carbonyl (C=O) groups excluding carboxylic acids is 2. The van der Waals surface area contributed by atoms with Gasteiger partial charge in [-0.3, -0.25) is 9.59 Å². The van der Waals surface area contributed by atoms with E-state index < -0.39 is 23.6 Å². The number of benzene rings is 2. The predicted octanol–water partition coefficient (Wildman–Crippen LogP) is 3.12. The molecular formula is C17H14F2N2O2S. The smallest absolute Gasteiger partial charge is 0.255 e. The third kappa shape index (κ3) is 3.41. The van der Waals surface area contributed by atoms with Crippen LogP contribution in [0.2, 0.25) is 0 Å². The van der Waals surface area contributed by atoms with Gasteiger partial charge in [-0.05, 0) is 24.3 Å². The van der Waals surface area contributed by atoms with E-state index in [9.17, 15) is 18.4 Å². The first-order valence-electron chi connectivity index (χ1n) is 7.26. The van der Waals surface area contributed by atoms with Crippen LogP contribution in [0.1, 0.15) is 10.4 Å². The molecule has 4 nitrogen and oxygen atoms in total. The molecule has 1 fully saturated rings. The predicted molar refractivity (Wildman–Crippen MR) is 88.7 cm³/mol. The number of hydrogen-bond donors (Lipinski definition) is 1. The molecule has 3 rings (SSSR count). The summed E-state index contributed by atoms with van der Waals surface area (Å²) in [5, 5.41) is 2.43. The van der Waals surface area contributed by atoms with Gasteiger partial charge in [0.2, 0.25) is 5.91 Å². The third-order valence-electron chi connectivity index (χ3n) is 3.66. The zero-order chi connectivity index (χ0) is 17.1. The van der Waals surface area contributed by atoms with Gasteiger partial charge in [-0.25, -0.2) is 8.78 Å². The zero-order valence-electron chi connectivity index (χ0n) is 12.5. The Morgan fingerprint density at radius 2 is 1.88 bits per heavy atom. The summed E-state index contributed by atoms with van der Waals surface area (Å²) < 4.78 is 26.6. The lowest BCUT2D eigenvalue weighted by atomic mass is 10.1. The topological polar surface area (TPSA) is 49.4 Å². The highest BCUT2D eigenvalue weighted by molar-refractivity contribution is 7.99. The van der Waals surface area contributed by atoms with Crippen LogP contribution in [0, 0.1) is 11.6 Å². The van der Waals surface area contributed by atoms with Gasteiger partial charge in [0.15, 0.2) is 0 Å². The van der Waals surface area contributed by atoms with Gasteiger partial charge in [-0.2, -0.15) is 0 Å². The molecule has 0 saturated carbocycles. The maximum Gasteiger partial charge on any atom is 0.255 e. The van der Waals surface area contributed by atoms with E-state index in [1.807, 2.05) is 0 Å². The molecule has 1 saturated heterocycles. The monoisotopic (exact) mass is 348 g/mol. The largest absolute Gasteiger partial charge is 0.322 e. The molecule has 2 aromatic carbocycles. The summed E-state index contributed by atoms with van der Waals surface area (Å²) in [4.78, 5) is 26.4. The molecule has 2 aromatic rings. The molecule has 0 bridgehead atoms. The van der Waals surface area contributed by atoms with Crippen molar-refractivity contribution in [3.05, 3.63) is 65.7 Å². The maximum atomic E-state index is 13.7. The molecule has 0 aromatic heterocycles. The van der Waals surface area contributed by atoms with Crippen molar-refractivity contribution < 1.29 is 18.4 Å². The summed E-state index contributed by atoms with van der Waals surface area (Å²) in [7, 11) is 0. The van der Waals surface area contributed by atoms with Crippen molar-refractivity contribution in [2.24, 2.45) is 0 Å². The molecule has 1 aliphatic heterocycles. The number of carbonyl (C=O) groups is 2. The van der Waals surface area contributed by atoms with E-state index >= 15 is 0 Å². The van der Waals surface area contributed by atoms with Crippen molar-refractivity contribution in [1.29, 1.82) is 0 Å². The van der Waals surface area contributed by atoms with Crippen LogP contribution in [0.15, 0.2) is 48.5 Å². The normalized spacial score (nSPS) is 16.9. The Balaban J connectivity index is 1.75. The molecule has 7 heteroatoms. The van der Waals surface area contributed by atoms with Gasteiger partial charge < -0.3 is 10.2 Å². The standard InChI is InChI=1S/C17H14F2N2O2S/c18-12-6-7-14(13(19)8-12)20-16(22)15-9-24-10-21(15)17(23)11-4-2-1-3-5-11/h1-8,15H,9-10H2,(H,20,22)/t15-/m1/s1. The first-order chi connectivity index (χ1) is 11.6. The van der Waals surface area contributed by atoms with E-state index in [2.05, 4.69) is 5.32 Å². The van der Waals surface area contributed by atoms with Crippen LogP contribution < -0.4 is 5.32 Å². The zero-order valence-corrected chi connectivity index (χ0v) is 13.4. The second kappa shape index (κ2) is 7.00. The van der Waals surface area contributed by atoms with E-state index in [4.69, 9.17) is 0 Å². The molecular weight excluding hydrogens is 334 g/mol. The second-order valence-electron chi connectivity index (χ2n) is 5.27. The number of nitrogens with zero attached hydrogens (tertiary/aromatic N) is 1. The highest BCUT2D eigenvalue weighted by atomic mass is 32.2. The van der Waals surface area contributed by atoms with Crippen LogP contribution in [0.3, 0.4) is 0 Å². The lowest BCUT2D eigenvalue weighted by Crippen LogP contribution is -2.44. The minimum absolute atomic E-state index is 0.106. The van der Waals surface area contributed by atoms with Crippen LogP contribution >= 0.6 is 11.8 Å². The molecule has 0 spiro atoms. The Morgan fingerprint density at radius 3 is 2.58 bits per heavy atom. The van der Waals surface area contributed by atoms with Crippen molar-refractivity contribution in [3.63, 3.8) is 0 Å². The van der Waals surface area contributed by atoms with Gasteiger partial charge in [0.05, 0.1) is 11.6 Å². The molecule has 0 aliphatic carbocycles. The molecule has 2 amide bonds. The minimum Gasteiger partial charge on any atom is -0.322 e. The summed E-state index contributed by atoms with van der Waals surface area (Å²) in [5.41, 5.74) is 0.385. The first kappa shape index (κ1) is 16.4. The lowest BCUT2D eigenvalue weighted by Gasteiger charge is -2.23. The first-order valence-corrected chi connectivity index (χ1v) is 8.41. The van der Waals surface area contributed by atoms with Crippen molar-refractivity contribution in [3.8, 4) is 0 Å².